The van der Waals surface area contributed by atoms with Crippen LogP contribution >= 0.6 is 0 Å². The van der Waals surface area contributed by atoms with Gasteiger partial charge in [-0.25, -0.2) is 13.2 Å². The van der Waals surface area contributed by atoms with Crippen LogP contribution in [-0.4, -0.2) is 6.61 Å². The van der Waals surface area contributed by atoms with Gasteiger partial charge in [0.15, 0.2) is 11.6 Å². The number of benzene rings is 3. The highest BCUT2D eigenvalue weighted by Crippen LogP contribution is 2.40. The van der Waals surface area contributed by atoms with Crippen molar-refractivity contribution in [1.29, 1.82) is 0 Å². The molecule has 3 aromatic carbocycles. The Morgan fingerprint density at radius 3 is 2.19 bits per heavy atom. The van der Waals surface area contributed by atoms with Crippen molar-refractivity contribution in [3.05, 3.63) is 65.5 Å². The van der Waals surface area contributed by atoms with Gasteiger partial charge in [0.05, 0.1) is 5.56 Å². The highest BCUT2D eigenvalue weighted by Gasteiger charge is 2.25. The summed E-state index contributed by atoms with van der Waals surface area (Å²) in [5.41, 5.74) is 0.781. The maximum absolute atomic E-state index is 15.2. The van der Waals surface area contributed by atoms with Gasteiger partial charge in [-0.2, -0.15) is 8.78 Å². The third kappa shape index (κ3) is 6.19. The zero-order valence-electron chi connectivity index (χ0n) is 20.6. The van der Waals surface area contributed by atoms with E-state index in [1.54, 1.807) is 0 Å². The van der Waals surface area contributed by atoms with Gasteiger partial charge in [-0.05, 0) is 78.3 Å². The van der Waals surface area contributed by atoms with Crippen molar-refractivity contribution in [2.45, 2.75) is 83.7 Å². The topological polar surface area (TPSA) is 9.23 Å². The quantitative estimate of drug-likeness (QED) is 0.197. The van der Waals surface area contributed by atoms with E-state index in [-0.39, 0.29) is 22.4 Å². The first kappa shape index (κ1) is 26.4. The summed E-state index contributed by atoms with van der Waals surface area (Å²) in [4.78, 5) is 0. The van der Waals surface area contributed by atoms with Gasteiger partial charge < -0.3 is 4.74 Å². The lowest BCUT2D eigenvalue weighted by molar-refractivity contribution is -0.0520. The summed E-state index contributed by atoms with van der Waals surface area (Å²) in [5.74, 6) is -1.95. The molecule has 0 aromatic heterocycles. The molecule has 4 rings (SSSR count). The fourth-order valence-corrected chi connectivity index (χ4v) is 5.54. The van der Waals surface area contributed by atoms with Gasteiger partial charge in [0.2, 0.25) is 0 Å². The molecular formula is C30H33F5O. The van der Waals surface area contributed by atoms with Crippen LogP contribution in [0, 0.1) is 23.4 Å². The van der Waals surface area contributed by atoms with Crippen LogP contribution in [0.5, 0.6) is 5.75 Å². The first-order valence-electron chi connectivity index (χ1n) is 13.0. The van der Waals surface area contributed by atoms with E-state index < -0.39 is 29.8 Å². The van der Waals surface area contributed by atoms with Crippen molar-refractivity contribution >= 4 is 10.8 Å². The monoisotopic (exact) mass is 504 g/mol. The van der Waals surface area contributed by atoms with Crippen LogP contribution < -0.4 is 4.74 Å². The Kier molecular flexibility index (Phi) is 8.86. The van der Waals surface area contributed by atoms with Gasteiger partial charge in [-0.3, -0.25) is 0 Å². The smallest absolute Gasteiger partial charge is 0.387 e. The summed E-state index contributed by atoms with van der Waals surface area (Å²) in [7, 11) is 0. The van der Waals surface area contributed by atoms with Crippen molar-refractivity contribution < 1.29 is 26.7 Å². The van der Waals surface area contributed by atoms with Crippen LogP contribution in [-0.2, 0) is 0 Å². The highest BCUT2D eigenvalue weighted by atomic mass is 19.3. The Hall–Kier alpha value is -2.63. The molecule has 1 saturated carbocycles. The number of hydrogen-bond donors (Lipinski definition) is 0. The summed E-state index contributed by atoms with van der Waals surface area (Å²) in [6.45, 7) is -0.933. The number of halogens is 5. The fraction of sp³-hybridized carbons (Fsp3) is 0.467. The van der Waals surface area contributed by atoms with Crippen molar-refractivity contribution in [2.75, 3.05) is 0 Å². The van der Waals surface area contributed by atoms with Crippen molar-refractivity contribution in [3.8, 4) is 16.9 Å². The third-order valence-corrected chi connectivity index (χ3v) is 7.52. The molecule has 1 aliphatic rings. The molecule has 1 aliphatic carbocycles. The van der Waals surface area contributed by atoms with Crippen molar-refractivity contribution in [1.82, 2.24) is 0 Å². The largest absolute Gasteiger partial charge is 0.432 e. The standard InChI is InChI=1S/C30H33F5O/c1-2-3-4-5-6-7-19-8-10-20(11-9-19)23-17-25(31)28(26(32)18-23)22-12-14-24-21(16-22)13-15-27(29(24)33)36-30(34)35/h12-20,30H,2-11H2,1H3. The first-order valence-corrected chi connectivity index (χ1v) is 13.0. The van der Waals surface area contributed by atoms with E-state index in [2.05, 4.69) is 11.7 Å². The number of alkyl halides is 2. The molecule has 0 amide bonds. The molecule has 0 N–H and O–H groups in total. The van der Waals surface area contributed by atoms with E-state index in [1.807, 2.05) is 0 Å². The minimum absolute atomic E-state index is 0.0384. The van der Waals surface area contributed by atoms with Crippen molar-refractivity contribution in [2.24, 2.45) is 5.92 Å². The molecule has 1 fully saturated rings. The fourth-order valence-electron chi connectivity index (χ4n) is 5.54. The molecule has 1 nitrogen and oxygen atoms in total. The minimum atomic E-state index is -3.15. The molecular weight excluding hydrogens is 471 g/mol. The average molecular weight is 505 g/mol. The van der Waals surface area contributed by atoms with E-state index in [0.717, 1.165) is 31.7 Å². The van der Waals surface area contributed by atoms with Gasteiger partial charge in [-0.1, -0.05) is 63.6 Å². The summed E-state index contributed by atoms with van der Waals surface area (Å²) in [5, 5.41) is 0.374. The normalized spacial score (nSPS) is 18.2. The van der Waals surface area contributed by atoms with Gasteiger partial charge in [0.1, 0.15) is 11.6 Å². The summed E-state index contributed by atoms with van der Waals surface area (Å²) < 4.78 is 74.0. The number of hydrogen-bond acceptors (Lipinski definition) is 1. The van der Waals surface area contributed by atoms with Crippen LogP contribution in [0.15, 0.2) is 42.5 Å². The Morgan fingerprint density at radius 1 is 0.833 bits per heavy atom. The second-order valence-electron chi connectivity index (χ2n) is 9.97. The molecule has 0 saturated heterocycles. The predicted molar refractivity (Wildman–Crippen MR) is 134 cm³/mol. The van der Waals surface area contributed by atoms with Gasteiger partial charge in [-0.15, -0.1) is 0 Å². The second-order valence-corrected chi connectivity index (χ2v) is 9.97. The zero-order chi connectivity index (χ0) is 25.7. The Labute approximate surface area is 209 Å². The van der Waals surface area contributed by atoms with Gasteiger partial charge in [0.25, 0.3) is 0 Å². The highest BCUT2D eigenvalue weighted by molar-refractivity contribution is 5.89. The van der Waals surface area contributed by atoms with Gasteiger partial charge in [0, 0.05) is 5.39 Å². The molecule has 194 valence electrons. The maximum Gasteiger partial charge on any atom is 0.387 e. The van der Waals surface area contributed by atoms with Gasteiger partial charge >= 0.3 is 6.61 Å². The molecule has 0 heterocycles. The van der Waals surface area contributed by atoms with Crippen LogP contribution in [0.4, 0.5) is 22.0 Å². The van der Waals surface area contributed by atoms with Crippen LogP contribution in [0.1, 0.15) is 82.6 Å². The van der Waals surface area contributed by atoms with Crippen LogP contribution in [0.3, 0.4) is 0 Å². The van der Waals surface area contributed by atoms with E-state index in [9.17, 15) is 13.2 Å². The second kappa shape index (κ2) is 12.1. The van der Waals surface area contributed by atoms with E-state index >= 15 is 8.78 Å². The summed E-state index contributed by atoms with van der Waals surface area (Å²) >= 11 is 0. The molecule has 0 bridgehead atoms. The number of unbranched alkanes of at least 4 members (excludes halogenated alkanes) is 4. The maximum atomic E-state index is 15.2. The molecule has 0 radical (unpaired) electrons. The van der Waals surface area contributed by atoms with Crippen LogP contribution in [0.2, 0.25) is 0 Å². The molecule has 0 aliphatic heterocycles. The third-order valence-electron chi connectivity index (χ3n) is 7.52. The van der Waals surface area contributed by atoms with E-state index in [0.29, 0.717) is 16.9 Å². The molecule has 36 heavy (non-hydrogen) atoms. The predicted octanol–water partition coefficient (Wildman–Crippen LogP) is 10.2. The molecule has 0 unspecified atom stereocenters. The minimum Gasteiger partial charge on any atom is -0.432 e. The molecule has 6 heteroatoms. The molecule has 0 spiro atoms. The van der Waals surface area contributed by atoms with E-state index in [4.69, 9.17) is 0 Å². The summed E-state index contributed by atoms with van der Waals surface area (Å²) in [6, 6.07) is 9.52. The summed E-state index contributed by atoms with van der Waals surface area (Å²) in [6.07, 6.45) is 11.7. The Balaban J connectivity index is 1.46. The average Bonchev–Trinajstić information content (AvgIpc) is 2.85. The Morgan fingerprint density at radius 2 is 1.53 bits per heavy atom. The number of ether oxygens (including phenoxy) is 1. The number of fused-ring (bicyclic) bond motifs is 1. The molecule has 3 aromatic rings. The lowest BCUT2D eigenvalue weighted by Crippen LogP contribution is -2.14. The van der Waals surface area contributed by atoms with Crippen molar-refractivity contribution in [3.63, 3.8) is 0 Å². The zero-order valence-corrected chi connectivity index (χ0v) is 20.6. The van der Waals surface area contributed by atoms with E-state index in [1.165, 1.54) is 74.9 Å². The lowest BCUT2D eigenvalue weighted by atomic mass is 9.76. The SMILES string of the molecule is CCCCCCCC1CCC(c2cc(F)c(-c3ccc4c(F)c(OC(F)F)ccc4c3)c(F)c2)CC1. The number of rotatable bonds is 10. The first-order chi connectivity index (χ1) is 17.4. The Bertz CT molecular complexity index is 1140. The lowest BCUT2D eigenvalue weighted by Gasteiger charge is -2.29. The molecule has 0 atom stereocenters. The van der Waals surface area contributed by atoms with Crippen LogP contribution in [0.25, 0.3) is 21.9 Å².